The molecule has 0 heterocycles. The Morgan fingerprint density at radius 2 is 1.20 bits per heavy atom. The molecule has 0 saturated heterocycles. The average molecular weight is 196 g/mol. The minimum atomic E-state index is 0.0972. The van der Waals surface area contributed by atoms with E-state index in [0.29, 0.717) is 0 Å². The van der Waals surface area contributed by atoms with Gasteiger partial charge in [-0.05, 0) is 0 Å². The van der Waals surface area contributed by atoms with Gasteiger partial charge in [0, 0.05) is 0 Å². The van der Waals surface area contributed by atoms with E-state index < -0.39 is 0 Å². The normalized spacial score (nSPS) is 7.60. The molecule has 0 fully saturated rings. The molecule has 0 aromatic rings. The molecule has 1 heteroatoms. The predicted octanol–water partition coefficient (Wildman–Crippen LogP) is 4.14. The van der Waals surface area contributed by atoms with E-state index in [1.54, 1.807) is 0 Å². The summed E-state index contributed by atoms with van der Waals surface area (Å²) < 4.78 is 0. The third-order valence-corrected chi connectivity index (χ3v) is 4.38. The number of unbranched alkanes of at least 4 members (excludes halogenated alkanes) is 2. The second-order valence-corrected chi connectivity index (χ2v) is 8.39. The Morgan fingerprint density at radius 1 is 0.800 bits per heavy atom. The molecule has 0 amide bonds. The molecule has 0 rings (SSSR count). The van der Waals surface area contributed by atoms with Crippen LogP contribution in [0.4, 0.5) is 0 Å². The van der Waals surface area contributed by atoms with Crippen molar-refractivity contribution in [3.8, 4) is 0 Å². The molecule has 0 radical (unpaired) electrons. The zero-order valence-corrected chi connectivity index (χ0v) is 11.2. The van der Waals surface area contributed by atoms with Crippen LogP contribution in [-0.4, -0.2) is 0 Å². The molecule has 0 aromatic carbocycles. The molecule has 0 aliphatic rings. The monoisotopic (exact) mass is 194 g/mol. The van der Waals surface area contributed by atoms with E-state index in [1.165, 1.54) is 29.3 Å². The first-order chi connectivity index (χ1) is 4.83. The van der Waals surface area contributed by atoms with E-state index in [0.717, 1.165) is 0 Å². The molecule has 0 unspecified atom stereocenters. The number of hydrogen-bond donors (Lipinski definition) is 0. The molecule has 0 N–H and O–H groups in total. The van der Waals surface area contributed by atoms with Gasteiger partial charge in [-0.1, -0.05) is 33.1 Å². The van der Waals surface area contributed by atoms with Crippen LogP contribution in [0.2, 0.25) is 10.0 Å². The number of hydrogen-bond acceptors (Lipinski definition) is 0. The Balaban J connectivity index is 0. The summed E-state index contributed by atoms with van der Waals surface area (Å²) in [6.07, 6.45) is 4.08. The van der Waals surface area contributed by atoms with E-state index in [2.05, 4.69) is 27.7 Å². The maximum absolute atomic E-state index is 2.30. The van der Waals surface area contributed by atoms with Crippen LogP contribution < -0.4 is 0 Å². The van der Waals surface area contributed by atoms with Crippen LogP contribution in [0, 0.1) is 0 Å². The maximum atomic E-state index is 2.30. The van der Waals surface area contributed by atoms with Crippen LogP contribution in [-0.2, 0) is 17.1 Å². The summed E-state index contributed by atoms with van der Waals surface area (Å²) in [6.45, 7) is 9.01. The summed E-state index contributed by atoms with van der Waals surface area (Å²) in [7, 11) is 0. The molecule has 0 aliphatic heterocycles. The van der Waals surface area contributed by atoms with Gasteiger partial charge < -0.3 is 0 Å². The van der Waals surface area contributed by atoms with Crippen molar-refractivity contribution in [3.63, 3.8) is 0 Å². The molecule has 0 aliphatic carbocycles. The minimum absolute atomic E-state index is 0.0972. The molecule has 60 valence electrons. The third kappa shape index (κ3) is 23.4. The van der Waals surface area contributed by atoms with E-state index in [1.807, 2.05) is 0 Å². The molecule has 0 spiro atoms. The van der Waals surface area contributed by atoms with E-state index in [9.17, 15) is 0 Å². The first-order valence-corrected chi connectivity index (χ1v) is 9.02. The SMILES string of the molecule is CCCCC.C[CH2][Zn][CH2]C. The standard InChI is InChI=1S/C5H12.2C2H5.Zn/c1-3-5-4-2;2*1-2;/h3-5H2,1-2H3;2*1H2,2H3;. The zero-order chi connectivity index (χ0) is 8.24. The topological polar surface area (TPSA) is 0 Å². The van der Waals surface area contributed by atoms with Crippen molar-refractivity contribution in [1.29, 1.82) is 0 Å². The molecule has 0 nitrogen and oxygen atoms in total. The summed E-state index contributed by atoms with van der Waals surface area (Å²) in [5.74, 6) is 0. The molecule has 10 heavy (non-hydrogen) atoms. The average Bonchev–Trinajstić information content (AvgIpc) is 1.93. The Labute approximate surface area is 74.4 Å². The van der Waals surface area contributed by atoms with Crippen LogP contribution in [0.5, 0.6) is 0 Å². The quantitative estimate of drug-likeness (QED) is 0.592. The van der Waals surface area contributed by atoms with Crippen molar-refractivity contribution in [2.24, 2.45) is 0 Å². The summed E-state index contributed by atoms with van der Waals surface area (Å²) in [6, 6.07) is 0. The van der Waals surface area contributed by atoms with Gasteiger partial charge in [-0.3, -0.25) is 0 Å². The van der Waals surface area contributed by atoms with Gasteiger partial charge in [-0.15, -0.1) is 0 Å². The van der Waals surface area contributed by atoms with Crippen molar-refractivity contribution < 1.29 is 17.1 Å². The molecule has 0 bridgehead atoms. The summed E-state index contributed by atoms with van der Waals surface area (Å²) in [5.41, 5.74) is 0. The summed E-state index contributed by atoms with van der Waals surface area (Å²) in [5, 5.41) is 3.06. The molecular formula is C9H22Zn. The summed E-state index contributed by atoms with van der Waals surface area (Å²) in [4.78, 5) is 0. The van der Waals surface area contributed by atoms with Crippen molar-refractivity contribution in [2.45, 2.75) is 57.0 Å². The number of rotatable bonds is 4. The Bertz CT molecular complexity index is 25.7. The van der Waals surface area contributed by atoms with Crippen LogP contribution in [0.3, 0.4) is 0 Å². The van der Waals surface area contributed by atoms with Gasteiger partial charge in [-0.2, -0.15) is 0 Å². The fourth-order valence-electron chi connectivity index (χ4n) is 0.707. The third-order valence-electron chi connectivity index (χ3n) is 1.41. The van der Waals surface area contributed by atoms with Gasteiger partial charge in [0.25, 0.3) is 0 Å². The molecule has 0 saturated carbocycles. The Kier molecular flexibility index (Phi) is 21.6. The summed E-state index contributed by atoms with van der Waals surface area (Å²) >= 11 is 0.0972. The Morgan fingerprint density at radius 3 is 1.20 bits per heavy atom. The van der Waals surface area contributed by atoms with Crippen LogP contribution in [0.15, 0.2) is 0 Å². The molecule has 0 aromatic heterocycles. The Hall–Kier alpha value is 0.623. The van der Waals surface area contributed by atoms with Crippen molar-refractivity contribution in [1.82, 2.24) is 0 Å². The van der Waals surface area contributed by atoms with Gasteiger partial charge in [0.1, 0.15) is 0 Å². The van der Waals surface area contributed by atoms with Gasteiger partial charge in [0.2, 0.25) is 0 Å². The zero-order valence-electron chi connectivity index (χ0n) is 8.24. The fourth-order valence-corrected chi connectivity index (χ4v) is 2.19. The van der Waals surface area contributed by atoms with Crippen LogP contribution in [0.1, 0.15) is 47.0 Å². The van der Waals surface area contributed by atoms with E-state index in [4.69, 9.17) is 0 Å². The fraction of sp³-hybridized carbons (Fsp3) is 1.00. The van der Waals surface area contributed by atoms with Gasteiger partial charge in [0.15, 0.2) is 0 Å². The first-order valence-electron chi connectivity index (χ1n) is 4.83. The van der Waals surface area contributed by atoms with Gasteiger partial charge in [-0.25, -0.2) is 0 Å². The van der Waals surface area contributed by atoms with Crippen molar-refractivity contribution >= 4 is 0 Å². The second-order valence-electron chi connectivity index (χ2n) is 2.71. The van der Waals surface area contributed by atoms with Crippen molar-refractivity contribution in [3.05, 3.63) is 0 Å². The van der Waals surface area contributed by atoms with E-state index >= 15 is 0 Å². The van der Waals surface area contributed by atoms with Crippen LogP contribution >= 0.6 is 0 Å². The van der Waals surface area contributed by atoms with E-state index in [-0.39, 0.29) is 17.1 Å². The van der Waals surface area contributed by atoms with Crippen LogP contribution in [0.25, 0.3) is 0 Å². The first kappa shape index (κ1) is 13.2. The van der Waals surface area contributed by atoms with Gasteiger partial charge >= 0.3 is 41.0 Å². The van der Waals surface area contributed by atoms with Crippen molar-refractivity contribution in [2.75, 3.05) is 0 Å². The predicted molar refractivity (Wildman–Crippen MR) is 46.2 cm³/mol. The van der Waals surface area contributed by atoms with Gasteiger partial charge in [0.05, 0.1) is 0 Å². The second kappa shape index (κ2) is 16.3. The molecular weight excluding hydrogens is 173 g/mol. The molecule has 0 atom stereocenters.